The Morgan fingerprint density at radius 3 is 2.42 bits per heavy atom. The summed E-state index contributed by atoms with van der Waals surface area (Å²) in [4.78, 5) is 8.23. The van der Waals surface area contributed by atoms with Gasteiger partial charge in [-0.1, -0.05) is 6.07 Å². The highest BCUT2D eigenvalue weighted by atomic mass is 32.2. The molecule has 1 aromatic carbocycles. The molecule has 1 N–H and O–H groups in total. The Labute approximate surface area is 111 Å². The molecule has 7 heteroatoms. The van der Waals surface area contributed by atoms with Crippen LogP contribution in [-0.2, 0) is 12.8 Å². The van der Waals surface area contributed by atoms with Crippen molar-refractivity contribution in [2.45, 2.75) is 22.8 Å². The minimum Gasteiger partial charge on any atom is -0.392 e. The number of benzene rings is 1. The Bertz CT molecular complexity index is 561. The molecule has 0 spiro atoms. The molecular formula is C12H9F3N2OS. The molecule has 0 aliphatic heterocycles. The lowest BCUT2D eigenvalue weighted by atomic mass is 10.1. The molecule has 0 saturated carbocycles. The van der Waals surface area contributed by atoms with E-state index < -0.39 is 18.3 Å². The van der Waals surface area contributed by atoms with Crippen LogP contribution in [0.15, 0.2) is 46.7 Å². The highest BCUT2D eigenvalue weighted by molar-refractivity contribution is 7.99. The molecule has 19 heavy (non-hydrogen) atoms. The van der Waals surface area contributed by atoms with Crippen molar-refractivity contribution >= 4 is 11.8 Å². The lowest BCUT2D eigenvalue weighted by Crippen LogP contribution is -2.09. The molecule has 0 fully saturated rings. The average molecular weight is 286 g/mol. The van der Waals surface area contributed by atoms with Gasteiger partial charge in [0.25, 0.3) is 0 Å². The Morgan fingerprint density at radius 1 is 1.16 bits per heavy atom. The van der Waals surface area contributed by atoms with Gasteiger partial charge in [0.1, 0.15) is 0 Å². The number of aromatic nitrogens is 2. The predicted molar refractivity (Wildman–Crippen MR) is 63.5 cm³/mol. The topological polar surface area (TPSA) is 46.0 Å². The maximum atomic E-state index is 12.8. The van der Waals surface area contributed by atoms with Crippen LogP contribution in [0.5, 0.6) is 0 Å². The summed E-state index contributed by atoms with van der Waals surface area (Å²) in [6.45, 7) is -0.651. The second kappa shape index (κ2) is 5.58. The summed E-state index contributed by atoms with van der Waals surface area (Å²) in [5.74, 6) is 0. The normalized spacial score (nSPS) is 11.6. The SMILES string of the molecule is OCc1ccc(Sc2ncccn2)cc1C(F)(F)F. The van der Waals surface area contributed by atoms with Crippen LogP contribution in [0.2, 0.25) is 0 Å². The van der Waals surface area contributed by atoms with Crippen LogP contribution in [0, 0.1) is 0 Å². The number of rotatable bonds is 3. The summed E-state index contributed by atoms with van der Waals surface area (Å²) in [6, 6.07) is 5.38. The standard InChI is InChI=1S/C12H9F3N2OS/c13-12(14,15)10-6-9(3-2-8(10)7-18)19-11-16-4-1-5-17-11/h1-6,18H,7H2. The third-order valence-corrected chi connectivity index (χ3v) is 3.19. The van der Waals surface area contributed by atoms with E-state index in [1.54, 1.807) is 6.07 Å². The summed E-state index contributed by atoms with van der Waals surface area (Å²) < 4.78 is 38.4. The number of hydrogen-bond acceptors (Lipinski definition) is 4. The zero-order valence-corrected chi connectivity index (χ0v) is 10.4. The van der Waals surface area contributed by atoms with Crippen molar-refractivity contribution in [2.24, 2.45) is 0 Å². The van der Waals surface area contributed by atoms with Crippen LogP contribution in [0.4, 0.5) is 13.2 Å². The van der Waals surface area contributed by atoms with Crippen LogP contribution in [0.1, 0.15) is 11.1 Å². The van der Waals surface area contributed by atoms with Gasteiger partial charge in [0.15, 0.2) is 5.16 Å². The Morgan fingerprint density at radius 2 is 1.84 bits per heavy atom. The van der Waals surface area contributed by atoms with Gasteiger partial charge in [-0.3, -0.25) is 0 Å². The van der Waals surface area contributed by atoms with E-state index in [4.69, 9.17) is 5.11 Å². The molecule has 0 saturated heterocycles. The lowest BCUT2D eigenvalue weighted by Gasteiger charge is -2.12. The highest BCUT2D eigenvalue weighted by Gasteiger charge is 2.33. The molecule has 1 heterocycles. The van der Waals surface area contributed by atoms with E-state index in [-0.39, 0.29) is 5.56 Å². The van der Waals surface area contributed by atoms with Gasteiger partial charge < -0.3 is 5.11 Å². The molecule has 100 valence electrons. The number of halogens is 3. The third-order valence-electron chi connectivity index (χ3n) is 2.31. The summed E-state index contributed by atoms with van der Waals surface area (Å²) >= 11 is 1.03. The van der Waals surface area contributed by atoms with Gasteiger partial charge in [0.2, 0.25) is 0 Å². The van der Waals surface area contributed by atoms with E-state index in [0.717, 1.165) is 17.8 Å². The maximum absolute atomic E-state index is 12.8. The van der Waals surface area contributed by atoms with Gasteiger partial charge in [-0.25, -0.2) is 9.97 Å². The monoisotopic (exact) mass is 286 g/mol. The molecule has 0 amide bonds. The van der Waals surface area contributed by atoms with Gasteiger partial charge in [0.05, 0.1) is 12.2 Å². The van der Waals surface area contributed by atoms with Crippen molar-refractivity contribution in [1.29, 1.82) is 0 Å². The Balaban J connectivity index is 2.33. The van der Waals surface area contributed by atoms with Crippen molar-refractivity contribution in [3.05, 3.63) is 47.8 Å². The van der Waals surface area contributed by atoms with Crippen LogP contribution in [0.3, 0.4) is 0 Å². The van der Waals surface area contributed by atoms with E-state index in [2.05, 4.69) is 9.97 Å². The zero-order chi connectivity index (χ0) is 13.9. The first-order valence-electron chi connectivity index (χ1n) is 5.26. The molecule has 2 aromatic rings. The predicted octanol–water partition coefficient (Wildman–Crippen LogP) is 3.14. The molecule has 0 unspecified atom stereocenters. The van der Waals surface area contributed by atoms with Gasteiger partial charge in [0, 0.05) is 17.3 Å². The number of alkyl halides is 3. The molecule has 0 bridgehead atoms. The molecule has 0 aliphatic rings. The minimum absolute atomic E-state index is 0.147. The quantitative estimate of drug-likeness (QED) is 0.880. The fraction of sp³-hybridized carbons (Fsp3) is 0.167. The average Bonchev–Trinajstić information content (AvgIpc) is 2.39. The second-order valence-corrected chi connectivity index (χ2v) is 4.65. The summed E-state index contributed by atoms with van der Waals surface area (Å²) in [5, 5.41) is 9.30. The smallest absolute Gasteiger partial charge is 0.392 e. The molecular weight excluding hydrogens is 277 g/mol. The molecule has 0 radical (unpaired) electrons. The van der Waals surface area contributed by atoms with Crippen molar-refractivity contribution in [2.75, 3.05) is 0 Å². The van der Waals surface area contributed by atoms with Crippen LogP contribution in [-0.4, -0.2) is 15.1 Å². The molecule has 0 aliphatic carbocycles. The van der Waals surface area contributed by atoms with Gasteiger partial charge in [-0.15, -0.1) is 0 Å². The van der Waals surface area contributed by atoms with Crippen molar-refractivity contribution < 1.29 is 18.3 Å². The Kier molecular flexibility index (Phi) is 4.06. The van der Waals surface area contributed by atoms with E-state index in [9.17, 15) is 13.2 Å². The first-order chi connectivity index (χ1) is 9.00. The Hall–Kier alpha value is -1.60. The largest absolute Gasteiger partial charge is 0.416 e. The third kappa shape index (κ3) is 3.45. The van der Waals surface area contributed by atoms with Crippen LogP contribution >= 0.6 is 11.8 Å². The van der Waals surface area contributed by atoms with E-state index in [0.29, 0.717) is 10.1 Å². The lowest BCUT2D eigenvalue weighted by molar-refractivity contribution is -0.138. The number of nitrogens with zero attached hydrogens (tertiary/aromatic N) is 2. The first kappa shape index (κ1) is 13.8. The summed E-state index contributed by atoms with van der Waals surface area (Å²) in [5.41, 5.74) is -0.984. The molecule has 3 nitrogen and oxygen atoms in total. The fourth-order valence-corrected chi connectivity index (χ4v) is 2.22. The number of aliphatic hydroxyl groups excluding tert-OH is 1. The van der Waals surface area contributed by atoms with E-state index in [1.807, 2.05) is 0 Å². The second-order valence-electron chi connectivity index (χ2n) is 3.61. The first-order valence-corrected chi connectivity index (χ1v) is 6.08. The van der Waals surface area contributed by atoms with Crippen LogP contribution < -0.4 is 0 Å². The molecule has 1 aromatic heterocycles. The van der Waals surface area contributed by atoms with E-state index >= 15 is 0 Å². The fourth-order valence-electron chi connectivity index (χ4n) is 1.46. The summed E-state index contributed by atoms with van der Waals surface area (Å²) in [7, 11) is 0. The number of aliphatic hydroxyl groups is 1. The summed E-state index contributed by atoms with van der Waals surface area (Å²) in [6.07, 6.45) is -1.46. The van der Waals surface area contributed by atoms with Crippen molar-refractivity contribution in [3.8, 4) is 0 Å². The van der Waals surface area contributed by atoms with Gasteiger partial charge in [-0.05, 0) is 35.5 Å². The van der Waals surface area contributed by atoms with Gasteiger partial charge >= 0.3 is 6.18 Å². The maximum Gasteiger partial charge on any atom is 0.416 e. The highest BCUT2D eigenvalue weighted by Crippen LogP contribution is 2.35. The van der Waals surface area contributed by atoms with Gasteiger partial charge in [-0.2, -0.15) is 13.2 Å². The van der Waals surface area contributed by atoms with E-state index in [1.165, 1.54) is 24.5 Å². The van der Waals surface area contributed by atoms with Crippen molar-refractivity contribution in [3.63, 3.8) is 0 Å². The minimum atomic E-state index is -4.49. The molecule has 2 rings (SSSR count). The van der Waals surface area contributed by atoms with Crippen LogP contribution in [0.25, 0.3) is 0 Å². The number of hydrogen-bond donors (Lipinski definition) is 1. The van der Waals surface area contributed by atoms with Crippen molar-refractivity contribution in [1.82, 2.24) is 9.97 Å². The molecule has 0 atom stereocenters. The zero-order valence-electron chi connectivity index (χ0n) is 9.55.